The summed E-state index contributed by atoms with van der Waals surface area (Å²) in [5, 5.41) is 0. The molecule has 2 aliphatic heterocycles. The lowest BCUT2D eigenvalue weighted by Gasteiger charge is -2.42. The minimum absolute atomic E-state index is 0.0149. The molecule has 1 saturated carbocycles. The van der Waals surface area contributed by atoms with Crippen molar-refractivity contribution >= 4 is 12.0 Å². The van der Waals surface area contributed by atoms with Crippen molar-refractivity contribution < 1.29 is 28.5 Å². The molecule has 1 aliphatic carbocycles. The number of hydrogen-bond acceptors (Lipinski definition) is 7. The quantitative estimate of drug-likeness (QED) is 0.195. The molecule has 0 amide bonds. The Morgan fingerprint density at radius 3 is 2.56 bits per heavy atom. The average Bonchev–Trinajstić information content (AvgIpc) is 3.75. The summed E-state index contributed by atoms with van der Waals surface area (Å²) >= 11 is 0. The molecule has 4 rings (SSSR count). The van der Waals surface area contributed by atoms with Crippen molar-refractivity contribution in [1.82, 2.24) is 4.90 Å². The summed E-state index contributed by atoms with van der Waals surface area (Å²) < 4.78 is 29.8. The highest BCUT2D eigenvalue weighted by atomic mass is 16.6. The molecule has 0 radical (unpaired) electrons. The maximum Gasteiger partial charge on any atom is 0.331 e. The van der Waals surface area contributed by atoms with Crippen molar-refractivity contribution in [1.29, 1.82) is 0 Å². The number of allylic oxidation sites excluding steroid dienone is 1. The van der Waals surface area contributed by atoms with E-state index in [1.54, 1.807) is 13.2 Å². The van der Waals surface area contributed by atoms with Crippen molar-refractivity contribution in [3.05, 3.63) is 47.6 Å². The molecule has 1 aromatic carbocycles. The Hall–Kier alpha value is -2.19. The molecule has 198 valence electrons. The first-order valence-corrected chi connectivity index (χ1v) is 12.9. The number of rotatable bonds is 11. The van der Waals surface area contributed by atoms with Crippen LogP contribution in [0.5, 0.6) is 5.75 Å². The lowest BCUT2D eigenvalue weighted by molar-refractivity contribution is -0.166. The van der Waals surface area contributed by atoms with Crippen molar-refractivity contribution in [2.45, 2.75) is 69.5 Å². The Balaban J connectivity index is 1.36. The van der Waals surface area contributed by atoms with Gasteiger partial charge in [-0.15, -0.1) is 0 Å². The van der Waals surface area contributed by atoms with E-state index in [2.05, 4.69) is 31.7 Å². The molecule has 6 atom stereocenters. The van der Waals surface area contributed by atoms with Gasteiger partial charge < -0.3 is 28.6 Å². The number of likely N-dealkylation sites (N-methyl/N-ethyl adjacent to an activating group) is 1. The van der Waals surface area contributed by atoms with Gasteiger partial charge in [0.2, 0.25) is 0 Å². The molecular formula is C29H41NO6. The van der Waals surface area contributed by atoms with Gasteiger partial charge in [0.25, 0.3) is 0 Å². The minimum Gasteiger partial charge on any atom is -0.492 e. The summed E-state index contributed by atoms with van der Waals surface area (Å²) in [6, 6.07) is 7.67. The van der Waals surface area contributed by atoms with Crippen LogP contribution in [0.4, 0.5) is 0 Å². The molecule has 2 heterocycles. The maximum absolute atomic E-state index is 12.7. The zero-order valence-electron chi connectivity index (χ0n) is 22.5. The van der Waals surface area contributed by atoms with Gasteiger partial charge in [-0.3, -0.25) is 0 Å². The topological polar surface area (TPSA) is 73.1 Å². The van der Waals surface area contributed by atoms with Crippen LogP contribution in [0.1, 0.15) is 45.6 Å². The Kier molecular flexibility index (Phi) is 8.25. The summed E-state index contributed by atoms with van der Waals surface area (Å²) in [6.07, 6.45) is 7.38. The molecule has 3 aliphatic rings. The van der Waals surface area contributed by atoms with E-state index in [0.717, 1.165) is 30.7 Å². The van der Waals surface area contributed by atoms with Gasteiger partial charge in [0.1, 0.15) is 35.8 Å². The fourth-order valence-electron chi connectivity index (χ4n) is 5.44. The van der Waals surface area contributed by atoms with Crippen LogP contribution in [0, 0.1) is 5.92 Å². The fourth-order valence-corrected chi connectivity index (χ4v) is 5.44. The molecule has 1 aromatic rings. The zero-order valence-corrected chi connectivity index (χ0v) is 22.5. The van der Waals surface area contributed by atoms with Gasteiger partial charge in [0.05, 0.1) is 18.6 Å². The predicted molar refractivity (Wildman–Crippen MR) is 139 cm³/mol. The van der Waals surface area contributed by atoms with Gasteiger partial charge in [-0.2, -0.15) is 0 Å². The van der Waals surface area contributed by atoms with Crippen LogP contribution in [-0.2, 0) is 23.7 Å². The normalized spacial score (nSPS) is 33.1. The lowest BCUT2D eigenvalue weighted by atomic mass is 9.68. The van der Waals surface area contributed by atoms with E-state index in [0.29, 0.717) is 19.6 Å². The van der Waals surface area contributed by atoms with Crippen LogP contribution >= 0.6 is 0 Å². The molecule has 7 heteroatoms. The van der Waals surface area contributed by atoms with E-state index in [1.165, 1.54) is 11.6 Å². The highest BCUT2D eigenvalue weighted by Crippen LogP contribution is 2.59. The summed E-state index contributed by atoms with van der Waals surface area (Å²) in [6.45, 7) is 8.54. The second kappa shape index (κ2) is 11.1. The van der Waals surface area contributed by atoms with Crippen LogP contribution in [0.2, 0.25) is 0 Å². The summed E-state index contributed by atoms with van der Waals surface area (Å²) in [5.41, 5.74) is 1.61. The number of methoxy groups -OCH3 is 1. The zero-order chi connectivity index (χ0) is 25.9. The molecule has 0 N–H and O–H groups in total. The molecule has 3 fully saturated rings. The summed E-state index contributed by atoms with van der Waals surface area (Å²) in [7, 11) is 5.72. The highest BCUT2D eigenvalue weighted by Gasteiger charge is 2.72. The largest absolute Gasteiger partial charge is 0.492 e. The van der Waals surface area contributed by atoms with Gasteiger partial charge in [0, 0.05) is 19.7 Å². The van der Waals surface area contributed by atoms with Crippen molar-refractivity contribution in [3.8, 4) is 5.75 Å². The number of nitrogens with zero attached hydrogens (tertiary/aromatic N) is 1. The number of epoxide rings is 2. The van der Waals surface area contributed by atoms with E-state index in [9.17, 15) is 4.79 Å². The third kappa shape index (κ3) is 6.20. The van der Waals surface area contributed by atoms with Gasteiger partial charge in [-0.1, -0.05) is 23.8 Å². The molecule has 0 bridgehead atoms. The molecular weight excluding hydrogens is 458 g/mol. The summed E-state index contributed by atoms with van der Waals surface area (Å²) in [5.74, 6) is 0.450. The second-order valence-electron chi connectivity index (χ2n) is 10.9. The fraction of sp³-hybridized carbons (Fsp3) is 0.621. The molecule has 1 spiro atoms. The number of hydrogen-bond donors (Lipinski definition) is 0. The number of benzene rings is 1. The number of carbonyl (C=O) groups is 1. The van der Waals surface area contributed by atoms with E-state index in [4.69, 9.17) is 23.7 Å². The van der Waals surface area contributed by atoms with Crippen LogP contribution in [0.3, 0.4) is 0 Å². The lowest BCUT2D eigenvalue weighted by Crippen LogP contribution is -2.55. The van der Waals surface area contributed by atoms with Gasteiger partial charge in [-0.25, -0.2) is 4.79 Å². The average molecular weight is 500 g/mol. The first kappa shape index (κ1) is 26.9. The molecule has 36 heavy (non-hydrogen) atoms. The molecule has 2 saturated heterocycles. The Morgan fingerprint density at radius 1 is 1.22 bits per heavy atom. The van der Waals surface area contributed by atoms with Crippen LogP contribution in [-0.4, -0.2) is 81.3 Å². The molecule has 0 aromatic heterocycles. The third-order valence-electron chi connectivity index (χ3n) is 7.60. The van der Waals surface area contributed by atoms with Gasteiger partial charge in [0.15, 0.2) is 0 Å². The Bertz CT molecular complexity index is 962. The minimum atomic E-state index is -0.372. The first-order valence-electron chi connectivity index (χ1n) is 12.9. The van der Waals surface area contributed by atoms with Gasteiger partial charge in [-0.05, 0) is 77.9 Å². The van der Waals surface area contributed by atoms with Crippen molar-refractivity contribution in [3.63, 3.8) is 0 Å². The molecule has 7 nitrogen and oxygen atoms in total. The standard InChI is InChI=1S/C29H41NO6/c1-20(2)7-13-24-28(3,36-24)27-26(32-6)23(15-16-29(27)19-34-29)35-25(31)14-10-21-8-11-22(12-9-21)33-18-17-30(4)5/h7-12,14,23-24,26-27H,13,15-19H2,1-6H3/b14-10+/t23-,24-,26-,27-,28-,29+/m1/s1. The van der Waals surface area contributed by atoms with Crippen molar-refractivity contribution in [2.24, 2.45) is 5.92 Å². The van der Waals surface area contributed by atoms with E-state index in [-0.39, 0.29) is 41.4 Å². The Labute approximate surface area is 215 Å². The first-order chi connectivity index (χ1) is 17.2. The monoisotopic (exact) mass is 499 g/mol. The van der Waals surface area contributed by atoms with Crippen molar-refractivity contribution in [2.75, 3.05) is 41.0 Å². The molecule has 0 unspecified atom stereocenters. The predicted octanol–water partition coefficient (Wildman–Crippen LogP) is 4.26. The van der Waals surface area contributed by atoms with E-state index < -0.39 is 0 Å². The van der Waals surface area contributed by atoms with Gasteiger partial charge >= 0.3 is 5.97 Å². The Morgan fingerprint density at radius 2 is 1.94 bits per heavy atom. The number of esters is 1. The number of carbonyl (C=O) groups excluding carboxylic acids is 1. The SMILES string of the molecule is CO[C@@H]1[C@H](OC(=O)/C=C/c2ccc(OCCN(C)C)cc2)CC[C@]2(CO2)[C@H]1[C@]1(C)O[C@@H]1CC=C(C)C. The number of ether oxygens (including phenoxy) is 5. The summed E-state index contributed by atoms with van der Waals surface area (Å²) in [4.78, 5) is 14.8. The van der Waals surface area contributed by atoms with Crippen LogP contribution in [0.25, 0.3) is 6.08 Å². The van der Waals surface area contributed by atoms with E-state index in [1.807, 2.05) is 38.4 Å². The highest BCUT2D eigenvalue weighted by molar-refractivity contribution is 5.87. The van der Waals surface area contributed by atoms with E-state index >= 15 is 0 Å². The smallest absolute Gasteiger partial charge is 0.331 e. The maximum atomic E-state index is 12.7. The second-order valence-corrected chi connectivity index (χ2v) is 10.9. The van der Waals surface area contributed by atoms with Crippen LogP contribution in [0.15, 0.2) is 42.0 Å². The van der Waals surface area contributed by atoms with Crippen LogP contribution < -0.4 is 4.74 Å². The third-order valence-corrected chi connectivity index (χ3v) is 7.60.